The molecule has 0 saturated heterocycles. The number of halogens is 1. The van der Waals surface area contributed by atoms with Gasteiger partial charge in [0.05, 0.1) is 0 Å². The zero-order valence-corrected chi connectivity index (χ0v) is 10.6. The maximum atomic E-state index is 5.39. The molecule has 0 spiro atoms. The van der Waals surface area contributed by atoms with Crippen LogP contribution in [-0.4, -0.2) is 16.7 Å². The van der Waals surface area contributed by atoms with Crippen molar-refractivity contribution in [1.82, 2.24) is 10.2 Å². The van der Waals surface area contributed by atoms with E-state index in [9.17, 15) is 0 Å². The van der Waals surface area contributed by atoms with Crippen LogP contribution in [0.5, 0.6) is 0 Å². The minimum Gasteiger partial charge on any atom is -0.408 e. The molecule has 1 aromatic heterocycles. The largest absolute Gasteiger partial charge is 0.408 e. The second-order valence-corrected chi connectivity index (χ2v) is 4.42. The Morgan fingerprint density at radius 1 is 1.38 bits per heavy atom. The van der Waals surface area contributed by atoms with Gasteiger partial charge in [0.15, 0.2) is 0 Å². The van der Waals surface area contributed by atoms with Gasteiger partial charge in [0.1, 0.15) is 0 Å². The molecule has 2 aromatic rings. The Labute approximate surface area is 107 Å². The van der Waals surface area contributed by atoms with Crippen molar-refractivity contribution in [3.63, 3.8) is 0 Å². The lowest BCUT2D eigenvalue weighted by Gasteiger charge is -2.00. The molecule has 1 heterocycles. The Kier molecular flexibility index (Phi) is 3.73. The van der Waals surface area contributed by atoms with Gasteiger partial charge in [0.25, 0.3) is 0 Å². The molecule has 1 aromatic carbocycles. The quantitative estimate of drug-likeness (QED) is 0.838. The third kappa shape index (κ3) is 2.92. The van der Waals surface area contributed by atoms with Gasteiger partial charge in [-0.15, -0.1) is 5.10 Å². The van der Waals surface area contributed by atoms with Gasteiger partial charge >= 0.3 is 6.01 Å². The van der Waals surface area contributed by atoms with Gasteiger partial charge in [-0.1, -0.05) is 11.2 Å². The average Bonchev–Trinajstić information content (AvgIpc) is 2.66. The molecule has 5 nitrogen and oxygen atoms in total. The number of aromatic nitrogens is 2. The monoisotopic (exact) mass is 330 g/mol. The summed E-state index contributed by atoms with van der Waals surface area (Å²) < 4.78 is 6.49. The molecule has 0 aliphatic rings. The maximum Gasteiger partial charge on any atom is 0.320 e. The highest BCUT2D eigenvalue weighted by molar-refractivity contribution is 14.1. The summed E-state index contributed by atoms with van der Waals surface area (Å²) in [6, 6.07) is 8.30. The van der Waals surface area contributed by atoms with Crippen molar-refractivity contribution in [2.45, 2.75) is 6.42 Å². The minimum absolute atomic E-state index is 0.394. The highest BCUT2D eigenvalue weighted by Gasteiger charge is 2.05. The van der Waals surface area contributed by atoms with E-state index in [1.54, 1.807) is 0 Å². The van der Waals surface area contributed by atoms with Crippen molar-refractivity contribution in [1.29, 1.82) is 0 Å². The zero-order chi connectivity index (χ0) is 11.4. The summed E-state index contributed by atoms with van der Waals surface area (Å²) in [6.07, 6.45) is 0.598. The van der Waals surface area contributed by atoms with Crippen molar-refractivity contribution in [2.75, 3.05) is 11.9 Å². The molecule has 6 heteroatoms. The molecule has 0 bridgehead atoms. The van der Waals surface area contributed by atoms with Gasteiger partial charge in [0.2, 0.25) is 5.89 Å². The molecule has 2 rings (SSSR count). The molecule has 0 unspecified atom stereocenters. The molecule has 3 N–H and O–H groups in total. The maximum absolute atomic E-state index is 5.39. The molecule has 0 saturated carbocycles. The standard InChI is InChI=1S/C10H11IN4O/c11-7-2-1-3-8(6-7)13-10-15-14-9(16-10)4-5-12/h1-3,6H,4-5,12H2,(H,13,15). The third-order valence-corrected chi connectivity index (χ3v) is 2.57. The fourth-order valence-corrected chi connectivity index (χ4v) is 1.76. The molecule has 0 radical (unpaired) electrons. The molecular weight excluding hydrogens is 319 g/mol. The van der Waals surface area contributed by atoms with Gasteiger partial charge in [0, 0.05) is 22.2 Å². The van der Waals surface area contributed by atoms with Crippen LogP contribution < -0.4 is 11.1 Å². The highest BCUT2D eigenvalue weighted by Crippen LogP contribution is 2.17. The molecule has 0 aliphatic heterocycles. The normalized spacial score (nSPS) is 10.4. The van der Waals surface area contributed by atoms with E-state index in [4.69, 9.17) is 10.2 Å². The first-order chi connectivity index (χ1) is 7.78. The molecule has 0 fully saturated rings. The fourth-order valence-electron chi connectivity index (χ4n) is 1.22. The van der Waals surface area contributed by atoms with E-state index in [1.165, 1.54) is 0 Å². The Bertz CT molecular complexity index is 471. The van der Waals surface area contributed by atoms with Crippen LogP contribution in [0.3, 0.4) is 0 Å². The fraction of sp³-hybridized carbons (Fsp3) is 0.200. The van der Waals surface area contributed by atoms with Crippen LogP contribution in [0, 0.1) is 3.57 Å². The first-order valence-electron chi connectivity index (χ1n) is 4.83. The van der Waals surface area contributed by atoms with Crippen molar-refractivity contribution < 1.29 is 4.42 Å². The van der Waals surface area contributed by atoms with Gasteiger partial charge in [-0.2, -0.15) is 0 Å². The molecule has 0 atom stereocenters. The topological polar surface area (TPSA) is 77.0 Å². The summed E-state index contributed by atoms with van der Waals surface area (Å²) in [7, 11) is 0. The summed E-state index contributed by atoms with van der Waals surface area (Å²) in [4.78, 5) is 0. The van der Waals surface area contributed by atoms with E-state index >= 15 is 0 Å². The zero-order valence-electron chi connectivity index (χ0n) is 8.48. The van der Waals surface area contributed by atoms with Gasteiger partial charge in [-0.3, -0.25) is 0 Å². The summed E-state index contributed by atoms with van der Waals surface area (Å²) in [5, 5.41) is 10.8. The van der Waals surface area contributed by atoms with E-state index in [2.05, 4.69) is 38.1 Å². The predicted octanol–water partition coefficient (Wildman–Crippen LogP) is 1.92. The van der Waals surface area contributed by atoms with E-state index in [0.29, 0.717) is 24.9 Å². The highest BCUT2D eigenvalue weighted by atomic mass is 127. The van der Waals surface area contributed by atoms with Gasteiger partial charge in [-0.05, 0) is 40.8 Å². The number of hydrogen-bond acceptors (Lipinski definition) is 5. The number of nitrogens with two attached hydrogens (primary N) is 1. The van der Waals surface area contributed by atoms with Crippen LogP contribution in [-0.2, 0) is 6.42 Å². The molecule has 0 aliphatic carbocycles. The molecule has 16 heavy (non-hydrogen) atoms. The van der Waals surface area contributed by atoms with E-state index < -0.39 is 0 Å². The number of nitrogens with one attached hydrogen (secondary N) is 1. The Balaban J connectivity index is 2.08. The smallest absolute Gasteiger partial charge is 0.320 e. The first-order valence-corrected chi connectivity index (χ1v) is 5.91. The molecule has 0 amide bonds. The van der Waals surface area contributed by atoms with Crippen molar-refractivity contribution in [3.8, 4) is 0 Å². The summed E-state index contributed by atoms with van der Waals surface area (Å²) >= 11 is 2.24. The second-order valence-electron chi connectivity index (χ2n) is 3.17. The van der Waals surface area contributed by atoms with Crippen LogP contribution in [0.1, 0.15) is 5.89 Å². The van der Waals surface area contributed by atoms with E-state index in [0.717, 1.165) is 9.26 Å². The summed E-state index contributed by atoms with van der Waals surface area (Å²) in [5.74, 6) is 0.552. The number of rotatable bonds is 4. The minimum atomic E-state index is 0.394. The Morgan fingerprint density at radius 3 is 3.00 bits per heavy atom. The van der Waals surface area contributed by atoms with Crippen molar-refractivity contribution in [2.24, 2.45) is 5.73 Å². The summed E-state index contributed by atoms with van der Waals surface area (Å²) in [5.41, 5.74) is 6.32. The lowest BCUT2D eigenvalue weighted by molar-refractivity contribution is 0.510. The average molecular weight is 330 g/mol. The van der Waals surface area contributed by atoms with Crippen molar-refractivity contribution >= 4 is 34.3 Å². The van der Waals surface area contributed by atoms with E-state index in [-0.39, 0.29) is 0 Å². The predicted molar refractivity (Wildman–Crippen MR) is 69.5 cm³/mol. The number of nitrogens with zero attached hydrogens (tertiary/aromatic N) is 2. The lowest BCUT2D eigenvalue weighted by Crippen LogP contribution is -2.02. The van der Waals surface area contributed by atoms with Crippen LogP contribution in [0.4, 0.5) is 11.7 Å². The van der Waals surface area contributed by atoms with Crippen LogP contribution in [0.2, 0.25) is 0 Å². The Morgan fingerprint density at radius 2 is 2.25 bits per heavy atom. The summed E-state index contributed by atoms with van der Waals surface area (Å²) in [6.45, 7) is 0.505. The lowest BCUT2D eigenvalue weighted by atomic mass is 10.3. The van der Waals surface area contributed by atoms with Gasteiger partial charge in [-0.25, -0.2) is 0 Å². The van der Waals surface area contributed by atoms with E-state index in [1.807, 2.05) is 24.3 Å². The third-order valence-electron chi connectivity index (χ3n) is 1.90. The van der Waals surface area contributed by atoms with Crippen LogP contribution in [0.25, 0.3) is 0 Å². The molecule has 84 valence electrons. The SMILES string of the molecule is NCCc1nnc(Nc2cccc(I)c2)o1. The number of hydrogen-bond donors (Lipinski definition) is 2. The van der Waals surface area contributed by atoms with Crippen LogP contribution >= 0.6 is 22.6 Å². The van der Waals surface area contributed by atoms with Crippen LogP contribution in [0.15, 0.2) is 28.7 Å². The Hall–Kier alpha value is -1.15. The second kappa shape index (κ2) is 5.26. The number of anilines is 2. The van der Waals surface area contributed by atoms with Crippen molar-refractivity contribution in [3.05, 3.63) is 33.7 Å². The first kappa shape index (κ1) is 11.3. The number of benzene rings is 1. The van der Waals surface area contributed by atoms with Gasteiger partial charge < -0.3 is 15.5 Å². The molecular formula is C10H11IN4O.